The first-order valence-electron chi connectivity index (χ1n) is 5.62. The van der Waals surface area contributed by atoms with E-state index in [2.05, 4.69) is 5.32 Å². The summed E-state index contributed by atoms with van der Waals surface area (Å²) < 4.78 is 41.9. The highest BCUT2D eigenvalue weighted by atomic mass is 32.1. The number of thiophene rings is 1. The summed E-state index contributed by atoms with van der Waals surface area (Å²) >= 11 is 1.50. The maximum Gasteiger partial charge on any atom is 0.277 e. The summed E-state index contributed by atoms with van der Waals surface area (Å²) in [6.45, 7) is 1.42. The van der Waals surface area contributed by atoms with Crippen molar-refractivity contribution in [1.82, 2.24) is 5.32 Å². The maximum absolute atomic E-state index is 14.7. The van der Waals surface area contributed by atoms with Gasteiger partial charge in [0.2, 0.25) is 5.67 Å². The third-order valence-corrected chi connectivity index (χ3v) is 4.17. The molecule has 1 aromatic carbocycles. The fourth-order valence-corrected chi connectivity index (χ4v) is 2.75. The van der Waals surface area contributed by atoms with Gasteiger partial charge >= 0.3 is 0 Å². The minimum Gasteiger partial charge on any atom is -0.314 e. The number of likely N-dealkylation sites (N-methyl/N-ethyl adjacent to an activating group) is 1. The molecule has 5 heteroatoms. The molecule has 1 heterocycles. The van der Waals surface area contributed by atoms with Crippen LogP contribution in [0, 0.1) is 0 Å². The molecule has 0 aliphatic carbocycles. The minimum atomic E-state index is -3.07. The van der Waals surface area contributed by atoms with Crippen LogP contribution in [-0.4, -0.2) is 19.5 Å². The Labute approximate surface area is 108 Å². The van der Waals surface area contributed by atoms with E-state index in [1.54, 1.807) is 12.1 Å². The molecule has 0 fully saturated rings. The van der Waals surface area contributed by atoms with Crippen LogP contribution < -0.4 is 5.32 Å². The molecule has 0 saturated carbocycles. The van der Waals surface area contributed by atoms with Gasteiger partial charge in [0.25, 0.3) is 6.43 Å². The second-order valence-electron chi connectivity index (χ2n) is 4.25. The van der Waals surface area contributed by atoms with E-state index in [0.29, 0.717) is 0 Å². The topological polar surface area (TPSA) is 12.0 Å². The van der Waals surface area contributed by atoms with Gasteiger partial charge in [-0.3, -0.25) is 0 Å². The Morgan fingerprint density at radius 2 is 2.00 bits per heavy atom. The Kier molecular flexibility index (Phi) is 3.64. The lowest BCUT2D eigenvalue weighted by atomic mass is 9.89. The van der Waals surface area contributed by atoms with Gasteiger partial charge in [-0.15, -0.1) is 11.3 Å². The number of fused-ring (bicyclic) bond motifs is 1. The summed E-state index contributed by atoms with van der Waals surface area (Å²) in [5, 5.41) is 5.23. The molecule has 98 valence electrons. The number of hydrogen-bond acceptors (Lipinski definition) is 2. The highest BCUT2D eigenvalue weighted by Crippen LogP contribution is 2.38. The fraction of sp³-hybridized carbons (Fsp3) is 0.385. The molecule has 1 nitrogen and oxygen atoms in total. The standard InChI is InChI=1S/C13H14F3NS/c1-8(17-2)13(16,12(14)15)10-3-4-11-9(7-10)5-6-18-11/h3-8,12,17H,1-2H3. The molecule has 0 bridgehead atoms. The number of rotatable bonds is 4. The van der Waals surface area contributed by atoms with Gasteiger partial charge in [0.1, 0.15) is 0 Å². The van der Waals surface area contributed by atoms with Crippen LogP contribution in [0.15, 0.2) is 29.6 Å². The monoisotopic (exact) mass is 273 g/mol. The molecule has 2 aromatic rings. The van der Waals surface area contributed by atoms with Crippen LogP contribution in [0.1, 0.15) is 12.5 Å². The van der Waals surface area contributed by atoms with Crippen molar-refractivity contribution < 1.29 is 13.2 Å². The van der Waals surface area contributed by atoms with E-state index < -0.39 is 18.1 Å². The number of nitrogens with one attached hydrogen (secondary N) is 1. The summed E-state index contributed by atoms with van der Waals surface area (Å²) in [6, 6.07) is 5.48. The molecule has 1 aromatic heterocycles. The predicted octanol–water partition coefficient (Wildman–Crippen LogP) is 3.94. The van der Waals surface area contributed by atoms with Gasteiger partial charge in [0.15, 0.2) is 0 Å². The van der Waals surface area contributed by atoms with Gasteiger partial charge in [-0.1, -0.05) is 6.07 Å². The van der Waals surface area contributed by atoms with Crippen molar-refractivity contribution in [2.45, 2.75) is 25.1 Å². The minimum absolute atomic E-state index is 0.0188. The van der Waals surface area contributed by atoms with E-state index in [4.69, 9.17) is 0 Å². The van der Waals surface area contributed by atoms with Crippen molar-refractivity contribution in [1.29, 1.82) is 0 Å². The molecule has 0 amide bonds. The Balaban J connectivity index is 2.53. The molecule has 2 rings (SSSR count). The van der Waals surface area contributed by atoms with Gasteiger partial charge in [-0.2, -0.15) is 0 Å². The van der Waals surface area contributed by atoms with Gasteiger partial charge < -0.3 is 5.32 Å². The molecule has 1 N–H and O–H groups in total. The van der Waals surface area contributed by atoms with Crippen LogP contribution in [0.4, 0.5) is 13.2 Å². The maximum atomic E-state index is 14.7. The summed E-state index contributed by atoms with van der Waals surface area (Å²) in [4.78, 5) is 0. The van der Waals surface area contributed by atoms with Crippen molar-refractivity contribution in [3.8, 4) is 0 Å². The zero-order valence-corrected chi connectivity index (χ0v) is 10.9. The largest absolute Gasteiger partial charge is 0.314 e. The smallest absolute Gasteiger partial charge is 0.277 e. The van der Waals surface area contributed by atoms with Crippen LogP contribution in [0.2, 0.25) is 0 Å². The first kappa shape index (κ1) is 13.4. The molecular weight excluding hydrogens is 259 g/mol. The van der Waals surface area contributed by atoms with Crippen LogP contribution in [0.3, 0.4) is 0 Å². The number of hydrogen-bond donors (Lipinski definition) is 1. The van der Waals surface area contributed by atoms with E-state index in [1.165, 1.54) is 37.4 Å². The van der Waals surface area contributed by atoms with Crippen LogP contribution in [0.25, 0.3) is 10.1 Å². The normalized spacial score (nSPS) is 17.0. The average molecular weight is 273 g/mol. The summed E-state index contributed by atoms with van der Waals surface area (Å²) in [6.07, 6.45) is -3.07. The molecule has 2 unspecified atom stereocenters. The van der Waals surface area contributed by atoms with Gasteiger partial charge in [-0.05, 0) is 48.5 Å². The zero-order chi connectivity index (χ0) is 13.3. The molecule has 18 heavy (non-hydrogen) atoms. The van der Waals surface area contributed by atoms with Crippen molar-refractivity contribution in [2.24, 2.45) is 0 Å². The highest BCUT2D eigenvalue weighted by Gasteiger charge is 2.46. The SMILES string of the molecule is CNC(C)C(F)(c1ccc2sccc2c1)C(F)F. The highest BCUT2D eigenvalue weighted by molar-refractivity contribution is 7.17. The van der Waals surface area contributed by atoms with Gasteiger partial charge in [0.05, 0.1) is 0 Å². The zero-order valence-electron chi connectivity index (χ0n) is 10.1. The summed E-state index contributed by atoms with van der Waals surface area (Å²) in [5.74, 6) is 0. The summed E-state index contributed by atoms with van der Waals surface area (Å²) in [5.41, 5.74) is -2.66. The Hall–Kier alpha value is -1.07. The molecule has 0 aliphatic heterocycles. The lowest BCUT2D eigenvalue weighted by Crippen LogP contribution is -2.47. The van der Waals surface area contributed by atoms with Crippen molar-refractivity contribution in [2.75, 3.05) is 7.05 Å². The van der Waals surface area contributed by atoms with E-state index in [-0.39, 0.29) is 5.56 Å². The van der Waals surface area contributed by atoms with Gasteiger partial charge in [0, 0.05) is 10.7 Å². The van der Waals surface area contributed by atoms with E-state index in [1.807, 2.05) is 5.38 Å². The van der Waals surface area contributed by atoms with Crippen molar-refractivity contribution >= 4 is 21.4 Å². The van der Waals surface area contributed by atoms with Crippen LogP contribution in [0.5, 0.6) is 0 Å². The lowest BCUT2D eigenvalue weighted by Gasteiger charge is -2.31. The number of alkyl halides is 3. The Morgan fingerprint density at radius 3 is 2.61 bits per heavy atom. The van der Waals surface area contributed by atoms with Crippen molar-refractivity contribution in [3.05, 3.63) is 35.2 Å². The van der Waals surface area contributed by atoms with E-state index >= 15 is 0 Å². The van der Waals surface area contributed by atoms with Gasteiger partial charge in [-0.25, -0.2) is 13.2 Å². The molecular formula is C13H14F3NS. The predicted molar refractivity (Wildman–Crippen MR) is 69.1 cm³/mol. The van der Waals surface area contributed by atoms with Crippen LogP contribution in [-0.2, 0) is 5.67 Å². The number of halogens is 3. The molecule has 0 aliphatic rings. The first-order chi connectivity index (χ1) is 8.50. The van der Waals surface area contributed by atoms with Crippen molar-refractivity contribution in [3.63, 3.8) is 0 Å². The van der Waals surface area contributed by atoms with E-state index in [9.17, 15) is 13.2 Å². The average Bonchev–Trinajstić information content (AvgIpc) is 2.83. The molecule has 0 spiro atoms. The van der Waals surface area contributed by atoms with E-state index in [0.717, 1.165) is 10.1 Å². The Bertz CT molecular complexity index is 540. The third-order valence-electron chi connectivity index (χ3n) is 3.28. The first-order valence-corrected chi connectivity index (χ1v) is 6.50. The molecule has 2 atom stereocenters. The third kappa shape index (κ3) is 2.01. The summed E-state index contributed by atoms with van der Waals surface area (Å²) in [7, 11) is 1.48. The lowest BCUT2D eigenvalue weighted by molar-refractivity contribution is -0.0588. The molecule has 0 saturated heterocycles. The second kappa shape index (κ2) is 4.90. The van der Waals surface area contributed by atoms with Crippen LogP contribution >= 0.6 is 11.3 Å². The second-order valence-corrected chi connectivity index (χ2v) is 5.20. The Morgan fingerprint density at radius 1 is 1.28 bits per heavy atom. The molecule has 0 radical (unpaired) electrons. The quantitative estimate of drug-likeness (QED) is 0.889. The number of benzene rings is 1. The fourth-order valence-electron chi connectivity index (χ4n) is 1.98.